The molecular formula is C14H18Cl2. The van der Waals surface area contributed by atoms with E-state index in [2.05, 4.69) is 38.1 Å². The lowest BCUT2D eigenvalue weighted by molar-refractivity contribution is 1.48. The molecule has 2 rings (SSSR count). The first-order chi connectivity index (χ1) is 6.79. The topological polar surface area (TPSA) is 0 Å². The Morgan fingerprint density at radius 2 is 0.750 bits per heavy atom. The Morgan fingerprint density at radius 3 is 0.875 bits per heavy atom. The van der Waals surface area contributed by atoms with Crippen molar-refractivity contribution in [2.75, 3.05) is 0 Å². The number of halogens is 2. The van der Waals surface area contributed by atoms with Crippen LogP contribution in [0.15, 0.2) is 60.7 Å². The molecule has 0 aromatic heterocycles. The summed E-state index contributed by atoms with van der Waals surface area (Å²) in [5, 5.41) is 0. The molecule has 0 aliphatic carbocycles. The maximum Gasteiger partial charge on any atom is -0.0398 e. The third-order valence-corrected chi connectivity index (χ3v) is 1.88. The number of benzene rings is 2. The third-order valence-electron chi connectivity index (χ3n) is 1.88. The third kappa shape index (κ3) is 8.34. The van der Waals surface area contributed by atoms with Gasteiger partial charge in [0, 0.05) is 0 Å². The highest BCUT2D eigenvalue weighted by Gasteiger charge is 1.72. The molecule has 0 heterocycles. The fraction of sp³-hybridized carbons (Fsp3) is 0.143. The zero-order valence-electron chi connectivity index (χ0n) is 9.59. The molecule has 0 nitrogen and oxygen atoms in total. The second kappa shape index (κ2) is 10.5. The van der Waals surface area contributed by atoms with Gasteiger partial charge in [0.1, 0.15) is 0 Å². The molecule has 16 heavy (non-hydrogen) atoms. The summed E-state index contributed by atoms with van der Waals surface area (Å²) in [6.45, 7) is 4.17. The van der Waals surface area contributed by atoms with Gasteiger partial charge in [-0.05, 0) is 13.8 Å². The van der Waals surface area contributed by atoms with Crippen molar-refractivity contribution < 1.29 is 0 Å². The molecule has 2 heteroatoms. The van der Waals surface area contributed by atoms with Crippen molar-refractivity contribution in [2.24, 2.45) is 0 Å². The molecule has 0 saturated heterocycles. The van der Waals surface area contributed by atoms with Gasteiger partial charge in [-0.1, -0.05) is 71.8 Å². The lowest BCUT2D eigenvalue weighted by atomic mass is 10.2. The highest BCUT2D eigenvalue weighted by Crippen LogP contribution is 1.92. The van der Waals surface area contributed by atoms with E-state index in [1.165, 1.54) is 11.1 Å². The van der Waals surface area contributed by atoms with Gasteiger partial charge in [-0.2, -0.15) is 0 Å². The second-order valence-electron chi connectivity index (χ2n) is 3.31. The minimum atomic E-state index is 0. The monoisotopic (exact) mass is 256 g/mol. The maximum absolute atomic E-state index is 2.08. The van der Waals surface area contributed by atoms with Crippen LogP contribution >= 0.6 is 24.8 Å². The maximum atomic E-state index is 2.08. The molecule has 0 aliphatic heterocycles. The highest BCUT2D eigenvalue weighted by atomic mass is 35.5. The molecule has 2 aromatic rings. The van der Waals surface area contributed by atoms with Crippen LogP contribution in [0.3, 0.4) is 0 Å². The van der Waals surface area contributed by atoms with Crippen LogP contribution in [0.5, 0.6) is 0 Å². The zero-order chi connectivity index (χ0) is 10.2. The molecule has 0 bridgehead atoms. The fourth-order valence-corrected chi connectivity index (χ4v) is 1.07. The van der Waals surface area contributed by atoms with Gasteiger partial charge in [0.05, 0.1) is 0 Å². The van der Waals surface area contributed by atoms with E-state index in [1.807, 2.05) is 36.4 Å². The average molecular weight is 257 g/mol. The molecule has 0 aliphatic rings. The number of rotatable bonds is 0. The Kier molecular flexibility index (Phi) is 11.5. The summed E-state index contributed by atoms with van der Waals surface area (Å²) in [5.41, 5.74) is 2.64. The molecule has 0 N–H and O–H groups in total. The van der Waals surface area contributed by atoms with Gasteiger partial charge >= 0.3 is 0 Å². The van der Waals surface area contributed by atoms with Crippen LogP contribution < -0.4 is 0 Å². The molecule has 0 unspecified atom stereocenters. The smallest absolute Gasteiger partial charge is 0.0398 e. The number of hydrogen-bond donors (Lipinski definition) is 0. The van der Waals surface area contributed by atoms with Crippen molar-refractivity contribution in [3.63, 3.8) is 0 Å². The quantitative estimate of drug-likeness (QED) is 0.633. The first kappa shape index (κ1) is 17.4. The first-order valence-corrected chi connectivity index (χ1v) is 4.82. The average Bonchev–Trinajstić information content (AvgIpc) is 2.21. The van der Waals surface area contributed by atoms with Gasteiger partial charge < -0.3 is 0 Å². The minimum absolute atomic E-state index is 0. The van der Waals surface area contributed by atoms with E-state index in [-0.39, 0.29) is 24.8 Å². The molecule has 0 amide bonds. The van der Waals surface area contributed by atoms with E-state index < -0.39 is 0 Å². The van der Waals surface area contributed by atoms with Crippen LogP contribution in [-0.2, 0) is 0 Å². The zero-order valence-corrected chi connectivity index (χ0v) is 11.2. The summed E-state index contributed by atoms with van der Waals surface area (Å²) in [7, 11) is 0. The summed E-state index contributed by atoms with van der Waals surface area (Å²) in [6, 6.07) is 20.5. The first-order valence-electron chi connectivity index (χ1n) is 4.82. The SMILES string of the molecule is Cc1ccccc1.Cc1ccccc1.Cl.Cl. The molecule has 0 spiro atoms. The summed E-state index contributed by atoms with van der Waals surface area (Å²) in [5.74, 6) is 0. The highest BCUT2D eigenvalue weighted by molar-refractivity contribution is 5.85. The van der Waals surface area contributed by atoms with Crippen molar-refractivity contribution in [2.45, 2.75) is 13.8 Å². The molecule has 0 atom stereocenters. The van der Waals surface area contributed by atoms with E-state index >= 15 is 0 Å². The minimum Gasteiger partial charge on any atom is -0.147 e. The molecule has 0 saturated carbocycles. The Balaban J connectivity index is 0. The Morgan fingerprint density at radius 1 is 0.500 bits per heavy atom. The van der Waals surface area contributed by atoms with Crippen molar-refractivity contribution in [3.05, 3.63) is 71.8 Å². The van der Waals surface area contributed by atoms with Crippen LogP contribution in [0.2, 0.25) is 0 Å². The van der Waals surface area contributed by atoms with E-state index in [4.69, 9.17) is 0 Å². The van der Waals surface area contributed by atoms with Crippen molar-refractivity contribution in [3.8, 4) is 0 Å². The summed E-state index contributed by atoms with van der Waals surface area (Å²) in [4.78, 5) is 0. The second-order valence-corrected chi connectivity index (χ2v) is 3.31. The molecule has 0 fully saturated rings. The van der Waals surface area contributed by atoms with Crippen molar-refractivity contribution in [1.82, 2.24) is 0 Å². The van der Waals surface area contributed by atoms with Gasteiger partial charge in [-0.25, -0.2) is 0 Å². The lowest BCUT2D eigenvalue weighted by Crippen LogP contribution is -1.62. The van der Waals surface area contributed by atoms with Crippen LogP contribution in [0, 0.1) is 13.8 Å². The largest absolute Gasteiger partial charge is 0.147 e. The predicted octanol–water partition coefficient (Wildman–Crippen LogP) is 4.83. The Labute approximate surface area is 111 Å². The Hall–Kier alpha value is -0.980. The van der Waals surface area contributed by atoms with Crippen LogP contribution in [0.25, 0.3) is 0 Å². The molecule has 0 radical (unpaired) electrons. The summed E-state index contributed by atoms with van der Waals surface area (Å²) < 4.78 is 0. The standard InChI is InChI=1S/2C7H8.2ClH/c2*1-7-5-3-2-4-6-7;;/h2*2-6H,1H3;2*1H. The van der Waals surface area contributed by atoms with E-state index in [0.717, 1.165) is 0 Å². The molecule has 88 valence electrons. The predicted molar refractivity (Wildman–Crippen MR) is 76.9 cm³/mol. The molecule has 2 aromatic carbocycles. The normalized spacial score (nSPS) is 7.62. The van der Waals surface area contributed by atoms with Crippen LogP contribution in [0.1, 0.15) is 11.1 Å². The summed E-state index contributed by atoms with van der Waals surface area (Å²) >= 11 is 0. The van der Waals surface area contributed by atoms with Crippen LogP contribution in [0.4, 0.5) is 0 Å². The lowest BCUT2D eigenvalue weighted by Gasteiger charge is -1.82. The summed E-state index contributed by atoms with van der Waals surface area (Å²) in [6.07, 6.45) is 0. The van der Waals surface area contributed by atoms with Gasteiger partial charge in [0.15, 0.2) is 0 Å². The van der Waals surface area contributed by atoms with Gasteiger partial charge in [-0.15, -0.1) is 24.8 Å². The molecular weight excluding hydrogens is 239 g/mol. The van der Waals surface area contributed by atoms with Gasteiger partial charge in [0.25, 0.3) is 0 Å². The van der Waals surface area contributed by atoms with Crippen molar-refractivity contribution in [1.29, 1.82) is 0 Å². The van der Waals surface area contributed by atoms with Crippen LogP contribution in [-0.4, -0.2) is 0 Å². The fourth-order valence-electron chi connectivity index (χ4n) is 1.07. The number of aryl methyl sites for hydroxylation is 2. The van der Waals surface area contributed by atoms with E-state index in [0.29, 0.717) is 0 Å². The van der Waals surface area contributed by atoms with E-state index in [9.17, 15) is 0 Å². The number of hydrogen-bond acceptors (Lipinski definition) is 0. The Bertz CT molecular complexity index is 306. The van der Waals surface area contributed by atoms with Gasteiger partial charge in [-0.3, -0.25) is 0 Å². The van der Waals surface area contributed by atoms with E-state index in [1.54, 1.807) is 0 Å². The van der Waals surface area contributed by atoms with Gasteiger partial charge in [0.2, 0.25) is 0 Å². The van der Waals surface area contributed by atoms with Crippen molar-refractivity contribution >= 4 is 24.8 Å².